The van der Waals surface area contributed by atoms with Gasteiger partial charge in [-0.2, -0.15) is 0 Å². The summed E-state index contributed by atoms with van der Waals surface area (Å²) in [5.41, 5.74) is 3.65. The maximum Gasteiger partial charge on any atom is 0.255 e. The molecule has 3 aromatic rings. The van der Waals surface area contributed by atoms with E-state index in [1.165, 1.54) is 11.4 Å². The smallest absolute Gasteiger partial charge is 0.255 e. The molecular weight excluding hydrogens is 400 g/mol. The molecule has 0 spiro atoms. The molecule has 0 saturated carbocycles. The predicted molar refractivity (Wildman–Crippen MR) is 119 cm³/mol. The molecule has 6 nitrogen and oxygen atoms in total. The van der Waals surface area contributed by atoms with Crippen molar-refractivity contribution in [3.8, 4) is 16.9 Å². The molecule has 1 saturated heterocycles. The minimum atomic E-state index is -3.28. The number of methoxy groups -OCH3 is 1. The van der Waals surface area contributed by atoms with Crippen molar-refractivity contribution in [1.82, 2.24) is 0 Å². The van der Waals surface area contributed by atoms with E-state index < -0.39 is 10.0 Å². The van der Waals surface area contributed by atoms with Gasteiger partial charge in [-0.05, 0) is 41.8 Å². The van der Waals surface area contributed by atoms with Crippen LogP contribution in [0, 0.1) is 0 Å². The maximum absolute atomic E-state index is 12.7. The first-order chi connectivity index (χ1) is 14.5. The standard InChI is InChI=1S/C23H22N2O4S/c1-29-22-16-20(25-14-5-15-30(25,27)28)12-13-21(22)24-23(26)19-10-8-18(9-11-19)17-6-3-2-4-7-17/h2-4,6-13,16H,5,14-15H2,1H3,(H,24,26). The van der Waals surface area contributed by atoms with Crippen LogP contribution in [-0.2, 0) is 10.0 Å². The van der Waals surface area contributed by atoms with Crippen molar-refractivity contribution in [2.45, 2.75) is 6.42 Å². The molecule has 1 amide bonds. The third-order valence-corrected chi connectivity index (χ3v) is 6.94. The number of hydrogen-bond acceptors (Lipinski definition) is 4. The van der Waals surface area contributed by atoms with Crippen molar-refractivity contribution < 1.29 is 17.9 Å². The lowest BCUT2D eigenvalue weighted by Crippen LogP contribution is -2.25. The summed E-state index contributed by atoms with van der Waals surface area (Å²) in [6.45, 7) is 0.449. The highest BCUT2D eigenvalue weighted by Crippen LogP contribution is 2.33. The van der Waals surface area contributed by atoms with Crippen molar-refractivity contribution in [3.05, 3.63) is 78.4 Å². The number of nitrogens with one attached hydrogen (secondary N) is 1. The van der Waals surface area contributed by atoms with Gasteiger partial charge >= 0.3 is 0 Å². The lowest BCUT2D eigenvalue weighted by atomic mass is 10.0. The fraction of sp³-hybridized carbons (Fsp3) is 0.174. The molecule has 0 atom stereocenters. The number of sulfonamides is 1. The normalized spacial score (nSPS) is 15.0. The van der Waals surface area contributed by atoms with Gasteiger partial charge in [0, 0.05) is 18.2 Å². The summed E-state index contributed by atoms with van der Waals surface area (Å²) in [7, 11) is -1.79. The second kappa shape index (κ2) is 8.20. The minimum Gasteiger partial charge on any atom is -0.494 e. The molecule has 154 valence electrons. The minimum absolute atomic E-state index is 0.146. The highest BCUT2D eigenvalue weighted by molar-refractivity contribution is 7.93. The summed E-state index contributed by atoms with van der Waals surface area (Å²) < 4.78 is 31.1. The SMILES string of the molecule is COc1cc(N2CCCS2(=O)=O)ccc1NC(=O)c1ccc(-c2ccccc2)cc1. The number of anilines is 2. The zero-order valence-electron chi connectivity index (χ0n) is 16.5. The number of carbonyl (C=O) groups is 1. The van der Waals surface area contributed by atoms with Crippen molar-refractivity contribution in [2.75, 3.05) is 29.0 Å². The van der Waals surface area contributed by atoms with Gasteiger partial charge in [-0.15, -0.1) is 0 Å². The number of hydrogen-bond donors (Lipinski definition) is 1. The van der Waals surface area contributed by atoms with Crippen LogP contribution in [0.5, 0.6) is 5.75 Å². The first kappa shape index (κ1) is 20.0. The third kappa shape index (κ3) is 4.02. The number of carbonyl (C=O) groups excluding carboxylic acids is 1. The first-order valence-corrected chi connectivity index (χ1v) is 11.2. The van der Waals surface area contributed by atoms with Gasteiger partial charge in [-0.3, -0.25) is 9.10 Å². The zero-order chi connectivity index (χ0) is 21.1. The van der Waals surface area contributed by atoms with Crippen LogP contribution in [-0.4, -0.2) is 33.7 Å². The second-order valence-electron chi connectivity index (χ2n) is 7.02. The van der Waals surface area contributed by atoms with Gasteiger partial charge in [-0.1, -0.05) is 42.5 Å². The van der Waals surface area contributed by atoms with E-state index in [-0.39, 0.29) is 11.7 Å². The Bertz CT molecular complexity index is 1160. The Kier molecular flexibility index (Phi) is 5.46. The number of amides is 1. The van der Waals surface area contributed by atoms with Gasteiger partial charge in [0.05, 0.1) is 24.2 Å². The fourth-order valence-corrected chi connectivity index (χ4v) is 5.06. The molecule has 1 heterocycles. The summed E-state index contributed by atoms with van der Waals surface area (Å²) >= 11 is 0. The van der Waals surface area contributed by atoms with Crippen LogP contribution in [0.4, 0.5) is 11.4 Å². The summed E-state index contributed by atoms with van der Waals surface area (Å²) in [6.07, 6.45) is 0.599. The lowest BCUT2D eigenvalue weighted by molar-refractivity contribution is 0.102. The van der Waals surface area contributed by atoms with Crippen LogP contribution in [0.25, 0.3) is 11.1 Å². The summed E-state index contributed by atoms with van der Waals surface area (Å²) in [5, 5.41) is 2.84. The van der Waals surface area contributed by atoms with E-state index >= 15 is 0 Å². The van der Waals surface area contributed by atoms with Gasteiger partial charge in [0.25, 0.3) is 5.91 Å². The Balaban J connectivity index is 1.53. The zero-order valence-corrected chi connectivity index (χ0v) is 17.4. The van der Waals surface area contributed by atoms with E-state index in [9.17, 15) is 13.2 Å². The Morgan fingerprint density at radius 2 is 1.67 bits per heavy atom. The summed E-state index contributed by atoms with van der Waals surface area (Å²) in [4.78, 5) is 12.7. The van der Waals surface area contributed by atoms with E-state index in [1.807, 2.05) is 42.5 Å². The largest absolute Gasteiger partial charge is 0.494 e. The average Bonchev–Trinajstić information content (AvgIpc) is 3.13. The van der Waals surface area contributed by atoms with Crippen LogP contribution in [0.2, 0.25) is 0 Å². The van der Waals surface area contributed by atoms with E-state index in [4.69, 9.17) is 4.74 Å². The van der Waals surface area contributed by atoms with E-state index in [0.717, 1.165) is 11.1 Å². The van der Waals surface area contributed by atoms with Gasteiger partial charge in [-0.25, -0.2) is 8.42 Å². The van der Waals surface area contributed by atoms with Crippen molar-refractivity contribution >= 4 is 27.3 Å². The van der Waals surface area contributed by atoms with Gasteiger partial charge in [0.15, 0.2) is 0 Å². The summed E-state index contributed by atoms with van der Waals surface area (Å²) in [5.74, 6) is 0.283. The molecular formula is C23H22N2O4S. The quantitative estimate of drug-likeness (QED) is 0.670. The van der Waals surface area contributed by atoms with Crippen molar-refractivity contribution in [1.29, 1.82) is 0 Å². The van der Waals surface area contributed by atoms with Crippen LogP contribution in [0.1, 0.15) is 16.8 Å². The average molecular weight is 423 g/mol. The van der Waals surface area contributed by atoms with Crippen LogP contribution < -0.4 is 14.4 Å². The fourth-order valence-electron chi connectivity index (χ4n) is 3.51. The molecule has 7 heteroatoms. The summed E-state index contributed by atoms with van der Waals surface area (Å²) in [6, 6.07) is 22.3. The molecule has 1 aliphatic rings. The Hall–Kier alpha value is -3.32. The molecule has 1 aliphatic heterocycles. The van der Waals surface area contributed by atoms with Gasteiger partial charge in [0.1, 0.15) is 5.75 Å². The molecule has 30 heavy (non-hydrogen) atoms. The molecule has 0 bridgehead atoms. The number of nitrogens with zero attached hydrogens (tertiary/aromatic N) is 1. The lowest BCUT2D eigenvalue weighted by Gasteiger charge is -2.19. The second-order valence-corrected chi connectivity index (χ2v) is 9.04. The van der Waals surface area contributed by atoms with Gasteiger partial charge in [0.2, 0.25) is 10.0 Å². The molecule has 4 rings (SSSR count). The molecule has 0 radical (unpaired) electrons. The van der Waals surface area contributed by atoms with Crippen LogP contribution >= 0.6 is 0 Å². The van der Waals surface area contributed by atoms with E-state index in [1.54, 1.807) is 30.3 Å². The Morgan fingerprint density at radius 1 is 0.967 bits per heavy atom. The molecule has 0 unspecified atom stereocenters. The predicted octanol–water partition coefficient (Wildman–Crippen LogP) is 4.15. The van der Waals surface area contributed by atoms with Crippen LogP contribution in [0.3, 0.4) is 0 Å². The topological polar surface area (TPSA) is 75.7 Å². The number of rotatable bonds is 5. The maximum atomic E-state index is 12.7. The van der Waals surface area contributed by atoms with Crippen molar-refractivity contribution in [3.63, 3.8) is 0 Å². The van der Waals surface area contributed by atoms with E-state index in [0.29, 0.717) is 35.7 Å². The first-order valence-electron chi connectivity index (χ1n) is 9.63. The Labute approximate surface area is 176 Å². The molecule has 0 aromatic heterocycles. The highest BCUT2D eigenvalue weighted by Gasteiger charge is 2.29. The van der Waals surface area contributed by atoms with Gasteiger partial charge < -0.3 is 10.1 Å². The van der Waals surface area contributed by atoms with Crippen molar-refractivity contribution in [2.24, 2.45) is 0 Å². The molecule has 1 fully saturated rings. The third-order valence-electron chi connectivity index (χ3n) is 5.07. The Morgan fingerprint density at radius 3 is 2.30 bits per heavy atom. The molecule has 1 N–H and O–H groups in total. The number of ether oxygens (including phenoxy) is 1. The monoisotopic (exact) mass is 422 g/mol. The number of benzene rings is 3. The van der Waals surface area contributed by atoms with Crippen LogP contribution in [0.15, 0.2) is 72.8 Å². The van der Waals surface area contributed by atoms with E-state index in [2.05, 4.69) is 5.32 Å². The molecule has 0 aliphatic carbocycles. The highest BCUT2D eigenvalue weighted by atomic mass is 32.2. The molecule has 3 aromatic carbocycles.